The second-order valence-corrected chi connectivity index (χ2v) is 5.87. The zero-order valence-corrected chi connectivity index (χ0v) is 13.3. The first-order chi connectivity index (χ1) is 11.3. The van der Waals surface area contributed by atoms with Crippen LogP contribution < -0.4 is 5.56 Å². The van der Waals surface area contributed by atoms with Gasteiger partial charge in [0.1, 0.15) is 5.76 Å². The minimum Gasteiger partial charge on any atom is -0.512 e. The molecule has 0 spiro atoms. The first-order valence-electron chi connectivity index (χ1n) is 7.58. The molecule has 0 radical (unpaired) electrons. The van der Waals surface area contributed by atoms with Crippen molar-refractivity contribution >= 4 is 27.9 Å². The van der Waals surface area contributed by atoms with Gasteiger partial charge in [-0.2, -0.15) is 0 Å². The zero-order chi connectivity index (χ0) is 17.6. The van der Waals surface area contributed by atoms with E-state index in [-0.39, 0.29) is 16.9 Å². The lowest BCUT2D eigenvalue weighted by Crippen LogP contribution is -2.28. The van der Waals surface area contributed by atoms with Gasteiger partial charge in [0, 0.05) is 11.9 Å². The summed E-state index contributed by atoms with van der Waals surface area (Å²) in [7, 11) is 0. The van der Waals surface area contributed by atoms with Gasteiger partial charge in [-0.1, -0.05) is 18.2 Å². The first kappa shape index (κ1) is 15.9. The average Bonchev–Trinajstić information content (AvgIpc) is 2.51. The van der Waals surface area contributed by atoms with Gasteiger partial charge in [0.15, 0.2) is 5.78 Å². The van der Waals surface area contributed by atoms with Crippen LogP contribution in [0.2, 0.25) is 0 Å². The number of aryl methyl sites for hydroxylation is 2. The predicted molar refractivity (Wildman–Crippen MR) is 89.1 cm³/mol. The third kappa shape index (κ3) is 2.20. The van der Waals surface area contributed by atoms with E-state index < -0.39 is 22.0 Å². The topological polar surface area (TPSA) is 102 Å². The number of aliphatic hydroxyl groups excluding tert-OH is 1. The minimum absolute atomic E-state index is 0.0903. The highest BCUT2D eigenvalue weighted by atomic mass is 16.6. The van der Waals surface area contributed by atoms with E-state index >= 15 is 0 Å². The number of ketones is 1. The van der Waals surface area contributed by atoms with Crippen LogP contribution in [0.15, 0.2) is 28.8 Å². The Bertz CT molecular complexity index is 981. The summed E-state index contributed by atoms with van der Waals surface area (Å²) >= 11 is 0. The van der Waals surface area contributed by atoms with Gasteiger partial charge < -0.3 is 9.67 Å². The molecule has 0 aliphatic carbocycles. The molecule has 1 aliphatic rings. The Morgan fingerprint density at radius 2 is 2.04 bits per heavy atom. The maximum atomic E-state index is 12.7. The molecule has 3 rings (SSSR count). The molecule has 2 heterocycles. The second-order valence-electron chi connectivity index (χ2n) is 5.87. The van der Waals surface area contributed by atoms with Gasteiger partial charge >= 0.3 is 11.2 Å². The molecule has 7 nitrogen and oxygen atoms in total. The molecule has 7 heteroatoms. The minimum atomic E-state index is -0.770. The lowest BCUT2D eigenvalue weighted by Gasteiger charge is -2.21. The summed E-state index contributed by atoms with van der Waals surface area (Å²) in [5.41, 5.74) is -0.171. The van der Waals surface area contributed by atoms with Gasteiger partial charge in [-0.25, -0.2) is 0 Å². The van der Waals surface area contributed by atoms with Crippen LogP contribution in [0.5, 0.6) is 0 Å². The zero-order valence-electron chi connectivity index (χ0n) is 13.3. The Morgan fingerprint density at radius 3 is 2.62 bits per heavy atom. The van der Waals surface area contributed by atoms with E-state index in [4.69, 9.17) is 0 Å². The van der Waals surface area contributed by atoms with E-state index in [1.807, 2.05) is 6.07 Å². The Kier molecular flexibility index (Phi) is 3.71. The van der Waals surface area contributed by atoms with Crippen LogP contribution >= 0.6 is 0 Å². The fourth-order valence-corrected chi connectivity index (χ4v) is 3.45. The fourth-order valence-electron chi connectivity index (χ4n) is 3.45. The molecule has 1 aromatic heterocycles. The molecule has 0 atom stereocenters. The average molecular weight is 328 g/mol. The number of nitro groups is 1. The normalized spacial score (nSPS) is 14.4. The number of para-hydroxylation sites is 1. The summed E-state index contributed by atoms with van der Waals surface area (Å²) in [6.07, 6.45) is 1.47. The number of benzene rings is 1. The van der Waals surface area contributed by atoms with E-state index in [9.17, 15) is 24.8 Å². The Hall–Kier alpha value is -2.96. The largest absolute Gasteiger partial charge is 0.512 e. The number of aromatic nitrogens is 1. The lowest BCUT2D eigenvalue weighted by atomic mass is 9.92. The van der Waals surface area contributed by atoms with Crippen molar-refractivity contribution in [2.45, 2.75) is 33.2 Å². The fraction of sp³-hybridized carbons (Fsp3) is 0.294. The van der Waals surface area contributed by atoms with Gasteiger partial charge in [0.05, 0.1) is 21.6 Å². The van der Waals surface area contributed by atoms with E-state index in [0.29, 0.717) is 17.4 Å². The van der Waals surface area contributed by atoms with E-state index in [2.05, 4.69) is 0 Å². The van der Waals surface area contributed by atoms with E-state index in [1.165, 1.54) is 18.4 Å². The predicted octanol–water partition coefficient (Wildman–Crippen LogP) is 2.73. The summed E-state index contributed by atoms with van der Waals surface area (Å²) in [6.45, 7) is 2.89. The van der Waals surface area contributed by atoms with Crippen molar-refractivity contribution in [1.82, 2.24) is 4.57 Å². The number of rotatable bonds is 3. The summed E-state index contributed by atoms with van der Waals surface area (Å²) < 4.78 is 1.40. The molecule has 2 aromatic rings. The summed E-state index contributed by atoms with van der Waals surface area (Å²) in [4.78, 5) is 35.6. The van der Waals surface area contributed by atoms with Crippen LogP contribution in [0.3, 0.4) is 0 Å². The number of hydrogen-bond donors (Lipinski definition) is 1. The number of carbonyl (C=O) groups is 1. The molecule has 124 valence electrons. The molecule has 1 aromatic carbocycles. The highest BCUT2D eigenvalue weighted by Gasteiger charge is 2.32. The number of hydrogen-bond acceptors (Lipinski definition) is 5. The third-order valence-corrected chi connectivity index (χ3v) is 4.32. The highest BCUT2D eigenvalue weighted by Crippen LogP contribution is 2.35. The number of Topliss-reactive ketones (excluding diaryl/α,β-unsaturated/α-hetero) is 1. The summed E-state index contributed by atoms with van der Waals surface area (Å²) in [6, 6.07) is 5.26. The van der Waals surface area contributed by atoms with Crippen molar-refractivity contribution in [3.63, 3.8) is 0 Å². The molecule has 0 saturated heterocycles. The molecule has 0 saturated carbocycles. The van der Waals surface area contributed by atoms with Crippen LogP contribution in [0, 0.1) is 10.1 Å². The van der Waals surface area contributed by atoms with Crippen LogP contribution in [-0.4, -0.2) is 20.4 Å². The molecule has 1 N–H and O–H groups in total. The Morgan fingerprint density at radius 1 is 1.33 bits per heavy atom. The monoisotopic (exact) mass is 328 g/mol. The van der Waals surface area contributed by atoms with Crippen LogP contribution in [0.25, 0.3) is 16.5 Å². The first-order valence-corrected chi connectivity index (χ1v) is 7.58. The van der Waals surface area contributed by atoms with Crippen molar-refractivity contribution in [3.05, 3.63) is 55.6 Å². The van der Waals surface area contributed by atoms with Gasteiger partial charge in [-0.05, 0) is 32.3 Å². The molecule has 24 heavy (non-hydrogen) atoms. The summed E-state index contributed by atoms with van der Waals surface area (Å²) in [5, 5.41) is 22.0. The quantitative estimate of drug-likeness (QED) is 0.404. The molecule has 0 fully saturated rings. The van der Waals surface area contributed by atoms with Gasteiger partial charge in [0.25, 0.3) is 0 Å². The number of nitrogens with zero attached hydrogens (tertiary/aromatic N) is 2. The van der Waals surface area contributed by atoms with Crippen molar-refractivity contribution in [2.75, 3.05) is 0 Å². The lowest BCUT2D eigenvalue weighted by molar-refractivity contribution is -0.386. The molecule has 1 aliphatic heterocycles. The second kappa shape index (κ2) is 5.59. The van der Waals surface area contributed by atoms with Crippen molar-refractivity contribution in [1.29, 1.82) is 0 Å². The van der Waals surface area contributed by atoms with E-state index in [1.54, 1.807) is 12.1 Å². The van der Waals surface area contributed by atoms with Crippen LogP contribution in [-0.2, 0) is 17.8 Å². The number of pyridine rings is 1. The third-order valence-electron chi connectivity index (χ3n) is 4.32. The molecular formula is C17H16N2O5. The molecular weight excluding hydrogens is 312 g/mol. The SMILES string of the molecule is CC(=O)/C(=C(\C)O)c1c([N+](=O)[O-])c(=O)n2c3c(cccc13)CCC2. The molecule has 0 amide bonds. The van der Waals surface area contributed by atoms with Gasteiger partial charge in [0.2, 0.25) is 0 Å². The maximum Gasteiger partial charge on any atom is 0.342 e. The van der Waals surface area contributed by atoms with E-state index in [0.717, 1.165) is 18.4 Å². The molecule has 0 unspecified atom stereocenters. The Labute approximate surface area is 137 Å². The maximum absolute atomic E-state index is 12.7. The Balaban J connectivity index is 2.63. The van der Waals surface area contributed by atoms with Crippen molar-refractivity contribution < 1.29 is 14.8 Å². The van der Waals surface area contributed by atoms with Gasteiger partial charge in [-0.3, -0.25) is 19.7 Å². The molecule has 0 bridgehead atoms. The highest BCUT2D eigenvalue weighted by molar-refractivity contribution is 6.24. The smallest absolute Gasteiger partial charge is 0.342 e. The standard InChI is InChI=1S/C17H16N2O5/c1-9(20)13(10(2)21)14-12-7-3-5-11-6-4-8-18(15(11)12)17(22)16(14)19(23)24/h3,5,7,20H,4,6,8H2,1-2H3/b13-9-. The van der Waals surface area contributed by atoms with Crippen LogP contribution in [0.1, 0.15) is 31.4 Å². The number of allylic oxidation sites excluding steroid dienone is 2. The number of carbonyl (C=O) groups excluding carboxylic acids is 1. The van der Waals surface area contributed by atoms with Crippen molar-refractivity contribution in [3.8, 4) is 0 Å². The van der Waals surface area contributed by atoms with Crippen LogP contribution in [0.4, 0.5) is 5.69 Å². The number of aliphatic hydroxyl groups is 1. The van der Waals surface area contributed by atoms with Gasteiger partial charge in [-0.15, -0.1) is 0 Å². The summed E-state index contributed by atoms with van der Waals surface area (Å²) in [5.74, 6) is -0.870. The van der Waals surface area contributed by atoms with Crippen molar-refractivity contribution in [2.24, 2.45) is 0 Å².